The average Bonchev–Trinajstić information content (AvgIpc) is 3.81. The van der Waals surface area contributed by atoms with Crippen LogP contribution in [-0.2, 0) is 0 Å². The van der Waals surface area contributed by atoms with Gasteiger partial charge in [-0.1, -0.05) is 133 Å². The summed E-state index contributed by atoms with van der Waals surface area (Å²) in [5.74, 6) is 0. The van der Waals surface area contributed by atoms with Crippen LogP contribution < -0.4 is 4.90 Å². The Morgan fingerprint density at radius 2 is 1.09 bits per heavy atom. The molecule has 0 amide bonds. The molecule has 0 spiro atoms. The summed E-state index contributed by atoms with van der Waals surface area (Å²) in [6.07, 6.45) is 0. The SMILES string of the molecule is [2H]c1c([2H])c(N(c2cccc(-n3c4ccccc4c4ccccc43)c2)c2cccc3oc4c5ccccc5ccc4c23)c([2H])c([2H])c1-c1cccc2ccccc12. The van der Waals surface area contributed by atoms with Crippen LogP contribution in [0.25, 0.3) is 82.1 Å². The second-order valence-corrected chi connectivity index (χ2v) is 13.4. The summed E-state index contributed by atoms with van der Waals surface area (Å²) in [6.45, 7) is 0. The van der Waals surface area contributed by atoms with Gasteiger partial charge in [0.2, 0.25) is 0 Å². The predicted molar refractivity (Wildman–Crippen MR) is 223 cm³/mol. The number of aromatic nitrogens is 1. The van der Waals surface area contributed by atoms with E-state index in [0.29, 0.717) is 22.5 Å². The smallest absolute Gasteiger partial charge is 0.143 e. The highest BCUT2D eigenvalue weighted by Gasteiger charge is 2.21. The van der Waals surface area contributed by atoms with E-state index in [1.165, 1.54) is 0 Å². The minimum Gasteiger partial charge on any atom is -0.455 e. The van der Waals surface area contributed by atoms with Gasteiger partial charge in [0.25, 0.3) is 0 Å². The van der Waals surface area contributed by atoms with Crippen LogP contribution in [0.5, 0.6) is 0 Å². The molecule has 0 aliphatic rings. The molecule has 0 atom stereocenters. The van der Waals surface area contributed by atoms with Gasteiger partial charge < -0.3 is 13.9 Å². The number of anilines is 3. The Morgan fingerprint density at radius 1 is 0.472 bits per heavy atom. The molecule has 9 aromatic carbocycles. The van der Waals surface area contributed by atoms with Crippen molar-refractivity contribution in [2.75, 3.05) is 4.90 Å². The van der Waals surface area contributed by atoms with E-state index < -0.39 is 0 Å². The zero-order chi connectivity index (χ0) is 38.4. The van der Waals surface area contributed by atoms with E-state index in [1.54, 1.807) is 0 Å². The van der Waals surface area contributed by atoms with Crippen molar-refractivity contribution in [2.24, 2.45) is 0 Å². The molecule has 248 valence electrons. The van der Waals surface area contributed by atoms with Gasteiger partial charge in [-0.05, 0) is 87.9 Å². The lowest BCUT2D eigenvalue weighted by atomic mass is 9.98. The largest absolute Gasteiger partial charge is 0.455 e. The zero-order valence-electron chi connectivity index (χ0n) is 32.5. The monoisotopic (exact) mass is 680 g/mol. The van der Waals surface area contributed by atoms with E-state index in [2.05, 4.69) is 77.4 Å². The second-order valence-electron chi connectivity index (χ2n) is 13.4. The van der Waals surface area contributed by atoms with E-state index >= 15 is 0 Å². The Balaban J connectivity index is 1.22. The molecule has 3 nitrogen and oxygen atoms in total. The van der Waals surface area contributed by atoms with Crippen molar-refractivity contribution < 1.29 is 9.90 Å². The third-order valence-corrected chi connectivity index (χ3v) is 10.4. The first-order valence-corrected chi connectivity index (χ1v) is 17.8. The van der Waals surface area contributed by atoms with Crippen molar-refractivity contribution in [2.45, 2.75) is 0 Å². The highest BCUT2D eigenvalue weighted by Crippen LogP contribution is 2.45. The first kappa shape index (κ1) is 25.8. The maximum Gasteiger partial charge on any atom is 0.143 e. The van der Waals surface area contributed by atoms with E-state index in [-0.39, 0.29) is 35.4 Å². The van der Waals surface area contributed by atoms with Crippen LogP contribution in [0.1, 0.15) is 5.48 Å². The number of hydrogen-bond donors (Lipinski definition) is 0. The van der Waals surface area contributed by atoms with E-state index in [9.17, 15) is 5.48 Å². The highest BCUT2D eigenvalue weighted by atomic mass is 16.3. The molecule has 2 aromatic heterocycles. The summed E-state index contributed by atoms with van der Waals surface area (Å²) in [7, 11) is 0. The molecule has 0 radical (unpaired) electrons. The maximum atomic E-state index is 9.75. The van der Waals surface area contributed by atoms with Gasteiger partial charge in [0, 0.05) is 38.6 Å². The highest BCUT2D eigenvalue weighted by molar-refractivity contribution is 6.19. The van der Waals surface area contributed by atoms with Crippen molar-refractivity contribution in [3.05, 3.63) is 194 Å². The molecule has 0 aliphatic heterocycles. The molecule has 3 heteroatoms. The van der Waals surface area contributed by atoms with Gasteiger partial charge in [-0.15, -0.1) is 0 Å². The van der Waals surface area contributed by atoms with Crippen LogP contribution in [0, 0.1) is 0 Å². The van der Waals surface area contributed by atoms with Crippen LogP contribution in [0.4, 0.5) is 17.1 Å². The Bertz CT molecular complexity index is 3350. The Labute approximate surface area is 311 Å². The standard InChI is InChI=1S/C50H32N2O/c1-3-17-39-33(12-1)14-9-21-40(39)35-26-29-36(30-27-35)51(47-24-11-25-48-49(47)44-31-28-34-13-2-4-18-41(34)50(44)53-48)37-15-10-16-38(32-37)52-45-22-7-5-19-42(45)43-20-6-8-23-46(43)52/h1-32H/i26D,27D,29D,30D. The third kappa shape index (κ3) is 4.61. The van der Waals surface area contributed by atoms with Crippen molar-refractivity contribution in [3.8, 4) is 16.8 Å². The fraction of sp³-hybridized carbons (Fsp3) is 0. The molecule has 0 unspecified atom stereocenters. The lowest BCUT2D eigenvalue weighted by Crippen LogP contribution is -2.11. The summed E-state index contributed by atoms with van der Waals surface area (Å²) < 4.78 is 47.5. The van der Waals surface area contributed by atoms with Crippen molar-refractivity contribution in [3.63, 3.8) is 0 Å². The summed E-state index contributed by atoms with van der Waals surface area (Å²) in [5.41, 5.74) is 6.85. The summed E-state index contributed by atoms with van der Waals surface area (Å²) in [4.78, 5) is 1.89. The number of rotatable bonds is 5. The maximum absolute atomic E-state index is 9.75. The van der Waals surface area contributed by atoms with Crippen LogP contribution in [-0.4, -0.2) is 4.57 Å². The molecule has 53 heavy (non-hydrogen) atoms. The molecule has 0 aliphatic carbocycles. The molecule has 11 rings (SSSR count). The van der Waals surface area contributed by atoms with Crippen LogP contribution >= 0.6 is 0 Å². The Morgan fingerprint density at radius 3 is 1.87 bits per heavy atom. The molecule has 11 aromatic rings. The minimum absolute atomic E-state index is 0.110. The van der Waals surface area contributed by atoms with Crippen molar-refractivity contribution in [1.82, 2.24) is 4.57 Å². The fourth-order valence-electron chi connectivity index (χ4n) is 8.08. The molecule has 0 bridgehead atoms. The number of fused-ring (bicyclic) bond motifs is 9. The number of benzene rings is 9. The predicted octanol–water partition coefficient (Wildman–Crippen LogP) is 14.1. The Hall–Kier alpha value is -7.10. The fourth-order valence-corrected chi connectivity index (χ4v) is 8.08. The molecule has 2 heterocycles. The second kappa shape index (κ2) is 11.7. The van der Waals surface area contributed by atoms with Crippen LogP contribution in [0.15, 0.2) is 198 Å². The lowest BCUT2D eigenvalue weighted by Gasteiger charge is -2.27. The van der Waals surface area contributed by atoms with Gasteiger partial charge in [-0.3, -0.25) is 0 Å². The Kier molecular flexibility index (Phi) is 5.71. The van der Waals surface area contributed by atoms with Gasteiger partial charge >= 0.3 is 0 Å². The molecular weight excluding hydrogens is 645 g/mol. The number of hydrogen-bond acceptors (Lipinski definition) is 2. The average molecular weight is 681 g/mol. The lowest BCUT2D eigenvalue weighted by molar-refractivity contribution is 0.672. The molecule has 0 N–H and O–H groups in total. The first-order chi connectivity index (χ1) is 28.0. The minimum atomic E-state index is -0.142. The third-order valence-electron chi connectivity index (χ3n) is 10.4. The van der Waals surface area contributed by atoms with Gasteiger partial charge in [-0.25, -0.2) is 0 Å². The number of nitrogens with zero attached hydrogens (tertiary/aromatic N) is 2. The quantitative estimate of drug-likeness (QED) is 0.180. The van der Waals surface area contributed by atoms with Gasteiger partial charge in [0.05, 0.1) is 27.6 Å². The number of para-hydroxylation sites is 2. The van der Waals surface area contributed by atoms with E-state index in [4.69, 9.17) is 4.42 Å². The van der Waals surface area contributed by atoms with E-state index in [0.717, 1.165) is 65.4 Å². The van der Waals surface area contributed by atoms with Crippen molar-refractivity contribution >= 4 is 82.4 Å². The normalized spacial score (nSPS) is 12.8. The van der Waals surface area contributed by atoms with Gasteiger partial charge in [0.15, 0.2) is 0 Å². The van der Waals surface area contributed by atoms with Crippen LogP contribution in [0.2, 0.25) is 0 Å². The summed E-state index contributed by atoms with van der Waals surface area (Å²) >= 11 is 0. The molecule has 0 fully saturated rings. The molecule has 0 saturated carbocycles. The van der Waals surface area contributed by atoms with Gasteiger partial charge in [0.1, 0.15) is 11.2 Å². The molecular formula is C50H32N2O. The van der Waals surface area contributed by atoms with Crippen LogP contribution in [0.3, 0.4) is 0 Å². The first-order valence-electron chi connectivity index (χ1n) is 19.8. The molecule has 0 saturated heterocycles. The van der Waals surface area contributed by atoms with Gasteiger partial charge in [-0.2, -0.15) is 0 Å². The summed E-state index contributed by atoms with van der Waals surface area (Å²) in [6, 6.07) is 56.1. The summed E-state index contributed by atoms with van der Waals surface area (Å²) in [5, 5.41) is 7.87. The topological polar surface area (TPSA) is 21.3 Å². The van der Waals surface area contributed by atoms with Crippen molar-refractivity contribution in [1.29, 1.82) is 0 Å². The number of furan rings is 1. The zero-order valence-corrected chi connectivity index (χ0v) is 28.5. The van der Waals surface area contributed by atoms with E-state index in [1.807, 2.05) is 102 Å².